The highest BCUT2D eigenvalue weighted by Gasteiger charge is 2.29. The van der Waals surface area contributed by atoms with Gasteiger partial charge in [-0.3, -0.25) is 0 Å². The molecule has 3 aromatic rings. The van der Waals surface area contributed by atoms with Crippen LogP contribution in [0.2, 0.25) is 0 Å². The van der Waals surface area contributed by atoms with E-state index in [0.29, 0.717) is 6.42 Å². The van der Waals surface area contributed by atoms with Crippen LogP contribution in [0.1, 0.15) is 35.3 Å². The smallest absolute Gasteiger partial charge is 0.128 e. The van der Waals surface area contributed by atoms with E-state index in [1.165, 1.54) is 15.6 Å². The van der Waals surface area contributed by atoms with Gasteiger partial charge in [0, 0.05) is 22.2 Å². The SMILES string of the molecule is Cc1ccc2c(c1)C(O)CC(c1csc3ccccc13)O2. The summed E-state index contributed by atoms with van der Waals surface area (Å²) in [6.45, 7) is 2.03. The average molecular weight is 296 g/mol. The number of rotatable bonds is 1. The highest BCUT2D eigenvalue weighted by molar-refractivity contribution is 7.17. The van der Waals surface area contributed by atoms with Crippen molar-refractivity contribution >= 4 is 21.4 Å². The zero-order valence-corrected chi connectivity index (χ0v) is 12.6. The van der Waals surface area contributed by atoms with Gasteiger partial charge in [0.25, 0.3) is 0 Å². The first kappa shape index (κ1) is 12.9. The predicted molar refractivity (Wildman–Crippen MR) is 85.9 cm³/mol. The normalized spacial score (nSPS) is 21.0. The van der Waals surface area contributed by atoms with E-state index in [0.717, 1.165) is 16.9 Å². The lowest BCUT2D eigenvalue weighted by atomic mass is 9.94. The zero-order valence-electron chi connectivity index (χ0n) is 11.7. The largest absolute Gasteiger partial charge is 0.485 e. The second-order valence-electron chi connectivity index (χ2n) is 5.59. The van der Waals surface area contributed by atoms with Crippen molar-refractivity contribution in [1.29, 1.82) is 0 Å². The lowest BCUT2D eigenvalue weighted by Crippen LogP contribution is -2.18. The Morgan fingerprint density at radius 3 is 2.90 bits per heavy atom. The van der Waals surface area contributed by atoms with Crippen molar-refractivity contribution in [3.8, 4) is 5.75 Å². The number of aliphatic hydroxyl groups is 1. The zero-order chi connectivity index (χ0) is 14.4. The van der Waals surface area contributed by atoms with E-state index < -0.39 is 6.10 Å². The summed E-state index contributed by atoms with van der Waals surface area (Å²) in [5.74, 6) is 0.805. The third-order valence-electron chi connectivity index (χ3n) is 4.09. The minimum Gasteiger partial charge on any atom is -0.485 e. The van der Waals surface area contributed by atoms with Crippen LogP contribution in [0, 0.1) is 6.92 Å². The topological polar surface area (TPSA) is 29.5 Å². The van der Waals surface area contributed by atoms with Crippen LogP contribution < -0.4 is 4.74 Å². The molecule has 0 aliphatic carbocycles. The number of aryl methyl sites for hydroxylation is 1. The fourth-order valence-corrected chi connectivity index (χ4v) is 4.01. The molecule has 106 valence electrons. The number of ether oxygens (including phenoxy) is 1. The van der Waals surface area contributed by atoms with Crippen molar-refractivity contribution < 1.29 is 9.84 Å². The summed E-state index contributed by atoms with van der Waals surface area (Å²) in [5.41, 5.74) is 3.24. The van der Waals surface area contributed by atoms with E-state index in [1.807, 2.05) is 25.1 Å². The fraction of sp³-hybridized carbons (Fsp3) is 0.222. The molecule has 2 nitrogen and oxygen atoms in total. The van der Waals surface area contributed by atoms with E-state index in [2.05, 4.69) is 29.6 Å². The Bertz CT molecular complexity index is 806. The van der Waals surface area contributed by atoms with Crippen LogP contribution >= 0.6 is 11.3 Å². The first-order valence-electron chi connectivity index (χ1n) is 7.14. The van der Waals surface area contributed by atoms with Crippen LogP contribution in [-0.2, 0) is 0 Å². The quantitative estimate of drug-likeness (QED) is 0.701. The minimum atomic E-state index is -0.461. The Kier molecular flexibility index (Phi) is 2.98. The molecule has 2 heterocycles. The van der Waals surface area contributed by atoms with Crippen molar-refractivity contribution in [1.82, 2.24) is 0 Å². The Morgan fingerprint density at radius 1 is 1.14 bits per heavy atom. The highest BCUT2D eigenvalue weighted by Crippen LogP contribution is 2.43. The number of fused-ring (bicyclic) bond motifs is 2. The molecule has 2 aromatic carbocycles. The van der Waals surface area contributed by atoms with Gasteiger partial charge in [-0.25, -0.2) is 0 Å². The number of aliphatic hydroxyl groups excluding tert-OH is 1. The highest BCUT2D eigenvalue weighted by atomic mass is 32.1. The Hall–Kier alpha value is -1.84. The first-order valence-corrected chi connectivity index (χ1v) is 8.02. The maximum Gasteiger partial charge on any atom is 0.128 e. The fourth-order valence-electron chi connectivity index (χ4n) is 3.00. The summed E-state index contributed by atoms with van der Waals surface area (Å²) in [6.07, 6.45) is 0.0700. The van der Waals surface area contributed by atoms with E-state index in [-0.39, 0.29) is 6.10 Å². The first-order chi connectivity index (χ1) is 10.2. The molecule has 1 N–H and O–H groups in total. The average Bonchev–Trinajstić information content (AvgIpc) is 2.92. The summed E-state index contributed by atoms with van der Waals surface area (Å²) in [4.78, 5) is 0. The maximum absolute atomic E-state index is 10.5. The summed E-state index contributed by atoms with van der Waals surface area (Å²) in [6, 6.07) is 14.4. The number of hydrogen-bond acceptors (Lipinski definition) is 3. The van der Waals surface area contributed by atoms with Crippen molar-refractivity contribution in [3.05, 3.63) is 64.5 Å². The van der Waals surface area contributed by atoms with Crippen LogP contribution in [0.4, 0.5) is 0 Å². The Morgan fingerprint density at radius 2 is 2.00 bits per heavy atom. The van der Waals surface area contributed by atoms with Gasteiger partial charge in [-0.15, -0.1) is 11.3 Å². The van der Waals surface area contributed by atoms with Gasteiger partial charge < -0.3 is 9.84 Å². The van der Waals surface area contributed by atoms with Crippen molar-refractivity contribution in [3.63, 3.8) is 0 Å². The molecule has 2 unspecified atom stereocenters. The molecule has 0 saturated heterocycles. The summed E-state index contributed by atoms with van der Waals surface area (Å²) in [5, 5.41) is 13.8. The summed E-state index contributed by atoms with van der Waals surface area (Å²) >= 11 is 1.73. The molecule has 0 amide bonds. The molecule has 0 fully saturated rings. The molecule has 2 atom stereocenters. The molecule has 3 heteroatoms. The molecule has 1 aliphatic rings. The third kappa shape index (κ3) is 2.13. The van der Waals surface area contributed by atoms with Crippen LogP contribution in [0.3, 0.4) is 0 Å². The van der Waals surface area contributed by atoms with Crippen molar-refractivity contribution in [2.45, 2.75) is 25.6 Å². The molecule has 0 radical (unpaired) electrons. The van der Waals surface area contributed by atoms with E-state index in [1.54, 1.807) is 11.3 Å². The van der Waals surface area contributed by atoms with Gasteiger partial charge in [-0.2, -0.15) is 0 Å². The van der Waals surface area contributed by atoms with E-state index in [9.17, 15) is 5.11 Å². The Labute approximate surface area is 127 Å². The molecular formula is C18H16O2S. The summed E-state index contributed by atoms with van der Waals surface area (Å²) < 4.78 is 7.42. The molecule has 1 aliphatic heterocycles. The molecular weight excluding hydrogens is 280 g/mol. The number of hydrogen-bond donors (Lipinski definition) is 1. The molecule has 0 bridgehead atoms. The minimum absolute atomic E-state index is 0.0774. The van der Waals surface area contributed by atoms with Crippen LogP contribution in [-0.4, -0.2) is 5.11 Å². The summed E-state index contributed by atoms with van der Waals surface area (Å²) in [7, 11) is 0. The maximum atomic E-state index is 10.5. The van der Waals surface area contributed by atoms with Crippen LogP contribution in [0.5, 0.6) is 5.75 Å². The number of benzene rings is 2. The van der Waals surface area contributed by atoms with Gasteiger partial charge in [-0.05, 0) is 35.9 Å². The predicted octanol–water partition coefficient (Wildman–Crippen LogP) is 4.77. The Balaban J connectivity index is 1.76. The standard InChI is InChI=1S/C18H16O2S/c1-11-6-7-16-13(8-11)15(19)9-17(20-16)14-10-21-18-5-3-2-4-12(14)18/h2-8,10,15,17,19H,9H2,1H3. The van der Waals surface area contributed by atoms with Gasteiger partial charge in [0.2, 0.25) is 0 Å². The van der Waals surface area contributed by atoms with Crippen molar-refractivity contribution in [2.24, 2.45) is 0 Å². The second kappa shape index (κ2) is 4.86. The molecule has 1 aromatic heterocycles. The van der Waals surface area contributed by atoms with Gasteiger partial charge in [-0.1, -0.05) is 29.8 Å². The van der Waals surface area contributed by atoms with Gasteiger partial charge in [0.1, 0.15) is 11.9 Å². The van der Waals surface area contributed by atoms with Gasteiger partial charge >= 0.3 is 0 Å². The van der Waals surface area contributed by atoms with Crippen molar-refractivity contribution in [2.75, 3.05) is 0 Å². The molecule has 4 rings (SSSR count). The second-order valence-corrected chi connectivity index (χ2v) is 6.50. The van der Waals surface area contributed by atoms with E-state index >= 15 is 0 Å². The van der Waals surface area contributed by atoms with Gasteiger partial charge in [0.05, 0.1) is 6.10 Å². The van der Waals surface area contributed by atoms with Crippen LogP contribution in [0.15, 0.2) is 47.8 Å². The molecule has 0 saturated carbocycles. The monoisotopic (exact) mass is 296 g/mol. The number of thiophene rings is 1. The third-order valence-corrected chi connectivity index (χ3v) is 5.07. The lowest BCUT2D eigenvalue weighted by molar-refractivity contribution is 0.0665. The van der Waals surface area contributed by atoms with Gasteiger partial charge in [0.15, 0.2) is 0 Å². The lowest BCUT2D eigenvalue weighted by Gasteiger charge is -2.30. The van der Waals surface area contributed by atoms with Crippen LogP contribution in [0.25, 0.3) is 10.1 Å². The molecule has 21 heavy (non-hydrogen) atoms. The van der Waals surface area contributed by atoms with E-state index in [4.69, 9.17) is 4.74 Å². The molecule has 0 spiro atoms.